The van der Waals surface area contributed by atoms with Gasteiger partial charge in [0.1, 0.15) is 0 Å². The van der Waals surface area contributed by atoms with Crippen LogP contribution in [0.5, 0.6) is 5.88 Å². The Morgan fingerprint density at radius 1 is 1.56 bits per heavy atom. The molecule has 1 heterocycles. The largest absolute Gasteiger partial charge is 0.481 e. The van der Waals surface area contributed by atoms with E-state index in [-0.39, 0.29) is 0 Å². The molecule has 0 aromatic carbocycles. The fraction of sp³-hybridized carbons (Fsp3) is 0.583. The maximum absolute atomic E-state index is 10.8. The number of hydrogen-bond acceptors (Lipinski definition) is 5. The molecule has 0 aliphatic rings. The van der Waals surface area contributed by atoms with Crippen molar-refractivity contribution >= 4 is 11.8 Å². The van der Waals surface area contributed by atoms with Crippen molar-refractivity contribution in [1.82, 2.24) is 9.97 Å². The fourth-order valence-electron chi connectivity index (χ4n) is 1.38. The molecule has 0 saturated heterocycles. The van der Waals surface area contributed by atoms with Crippen LogP contribution < -0.4 is 9.64 Å². The van der Waals surface area contributed by atoms with E-state index in [2.05, 4.69) is 9.97 Å². The van der Waals surface area contributed by atoms with Crippen LogP contribution in [-0.4, -0.2) is 41.2 Å². The summed E-state index contributed by atoms with van der Waals surface area (Å²) in [4.78, 5) is 20.8. The van der Waals surface area contributed by atoms with Crippen LogP contribution in [0.4, 0.5) is 5.82 Å². The molecule has 1 aromatic heterocycles. The predicted octanol–water partition coefficient (Wildman–Crippen LogP) is 1.42. The van der Waals surface area contributed by atoms with Gasteiger partial charge in [-0.15, -0.1) is 0 Å². The van der Waals surface area contributed by atoms with E-state index < -0.39 is 11.9 Å². The van der Waals surface area contributed by atoms with Crippen LogP contribution in [-0.2, 0) is 4.79 Å². The van der Waals surface area contributed by atoms with Crippen molar-refractivity contribution < 1.29 is 14.6 Å². The number of carboxylic acid groups (broad SMARTS) is 1. The summed E-state index contributed by atoms with van der Waals surface area (Å²) in [5.41, 5.74) is 0. The molecule has 0 aliphatic heterocycles. The highest BCUT2D eigenvalue weighted by molar-refractivity contribution is 5.70. The van der Waals surface area contributed by atoms with Crippen molar-refractivity contribution in [2.75, 3.05) is 25.1 Å². The Kier molecular flexibility index (Phi) is 5.35. The summed E-state index contributed by atoms with van der Waals surface area (Å²) >= 11 is 0. The van der Waals surface area contributed by atoms with Gasteiger partial charge in [-0.05, 0) is 6.42 Å². The molecule has 0 fully saturated rings. The Labute approximate surface area is 107 Å². The molecule has 100 valence electrons. The van der Waals surface area contributed by atoms with E-state index in [0.29, 0.717) is 24.8 Å². The van der Waals surface area contributed by atoms with Gasteiger partial charge in [0.2, 0.25) is 5.88 Å². The van der Waals surface area contributed by atoms with Crippen LogP contribution in [0.1, 0.15) is 20.3 Å². The van der Waals surface area contributed by atoms with Crippen LogP contribution in [0.2, 0.25) is 0 Å². The third kappa shape index (κ3) is 4.20. The van der Waals surface area contributed by atoms with Gasteiger partial charge in [0.15, 0.2) is 5.82 Å². The average Bonchev–Trinajstić information content (AvgIpc) is 2.36. The van der Waals surface area contributed by atoms with Gasteiger partial charge in [-0.3, -0.25) is 9.78 Å². The summed E-state index contributed by atoms with van der Waals surface area (Å²) in [5.74, 6) is -0.217. The molecule has 0 amide bonds. The quantitative estimate of drug-likeness (QED) is 0.792. The van der Waals surface area contributed by atoms with E-state index in [1.165, 1.54) is 0 Å². The Hall–Kier alpha value is -1.85. The minimum absolute atomic E-state index is 0.376. The average molecular weight is 253 g/mol. The normalized spacial score (nSPS) is 11.9. The van der Waals surface area contributed by atoms with Crippen LogP contribution in [0, 0.1) is 5.92 Å². The highest BCUT2D eigenvalue weighted by Crippen LogP contribution is 2.14. The van der Waals surface area contributed by atoms with Gasteiger partial charge in [0, 0.05) is 13.6 Å². The zero-order chi connectivity index (χ0) is 13.5. The molecule has 0 saturated carbocycles. The molecule has 18 heavy (non-hydrogen) atoms. The highest BCUT2D eigenvalue weighted by Gasteiger charge is 2.15. The van der Waals surface area contributed by atoms with Gasteiger partial charge >= 0.3 is 5.97 Å². The Morgan fingerprint density at radius 3 is 2.89 bits per heavy atom. The Bertz CT molecular complexity index is 398. The Morgan fingerprint density at radius 2 is 2.28 bits per heavy atom. The van der Waals surface area contributed by atoms with E-state index in [1.807, 2.05) is 6.92 Å². The fourth-order valence-corrected chi connectivity index (χ4v) is 1.38. The molecule has 0 radical (unpaired) electrons. The molecule has 1 rings (SSSR count). The summed E-state index contributed by atoms with van der Waals surface area (Å²) in [7, 11) is 1.78. The number of hydrogen-bond donors (Lipinski definition) is 1. The molecule has 1 aromatic rings. The molecule has 1 N–H and O–H groups in total. The van der Waals surface area contributed by atoms with Gasteiger partial charge < -0.3 is 14.7 Å². The van der Waals surface area contributed by atoms with Crippen molar-refractivity contribution in [3.8, 4) is 5.88 Å². The maximum atomic E-state index is 10.8. The molecule has 0 bridgehead atoms. The number of aromatic nitrogens is 2. The third-order valence-corrected chi connectivity index (χ3v) is 2.41. The van der Waals surface area contributed by atoms with E-state index in [9.17, 15) is 4.79 Å². The van der Waals surface area contributed by atoms with E-state index >= 15 is 0 Å². The standard InChI is InChI=1S/C12H19N3O3/c1-4-5-18-11-7-13-6-10(14-11)15(3)8-9(2)12(16)17/h6-7,9H,4-5,8H2,1-3H3,(H,16,17). The second-order valence-corrected chi connectivity index (χ2v) is 4.18. The molecule has 1 unspecified atom stereocenters. The van der Waals surface area contributed by atoms with E-state index in [4.69, 9.17) is 9.84 Å². The maximum Gasteiger partial charge on any atom is 0.308 e. The van der Waals surface area contributed by atoms with Crippen molar-refractivity contribution in [1.29, 1.82) is 0 Å². The van der Waals surface area contributed by atoms with E-state index in [0.717, 1.165) is 6.42 Å². The number of aliphatic carboxylic acids is 1. The van der Waals surface area contributed by atoms with Crippen LogP contribution >= 0.6 is 0 Å². The van der Waals surface area contributed by atoms with Crippen molar-refractivity contribution in [3.05, 3.63) is 12.4 Å². The lowest BCUT2D eigenvalue weighted by Gasteiger charge is -2.20. The number of carboxylic acids is 1. The molecule has 0 spiro atoms. The molecule has 6 heteroatoms. The van der Waals surface area contributed by atoms with Gasteiger partial charge in [0.25, 0.3) is 0 Å². The molecular weight excluding hydrogens is 234 g/mol. The summed E-state index contributed by atoms with van der Waals surface area (Å²) in [6, 6.07) is 0. The molecule has 0 aliphatic carbocycles. The number of anilines is 1. The van der Waals surface area contributed by atoms with Crippen molar-refractivity contribution in [3.63, 3.8) is 0 Å². The summed E-state index contributed by atoms with van der Waals surface area (Å²) in [5, 5.41) is 8.86. The number of nitrogens with zero attached hydrogens (tertiary/aromatic N) is 3. The zero-order valence-corrected chi connectivity index (χ0v) is 11.0. The lowest BCUT2D eigenvalue weighted by molar-refractivity contribution is -0.140. The lowest BCUT2D eigenvalue weighted by Crippen LogP contribution is -2.29. The predicted molar refractivity (Wildman–Crippen MR) is 67.9 cm³/mol. The smallest absolute Gasteiger partial charge is 0.308 e. The third-order valence-electron chi connectivity index (χ3n) is 2.41. The second-order valence-electron chi connectivity index (χ2n) is 4.18. The molecule has 1 atom stereocenters. The zero-order valence-electron chi connectivity index (χ0n) is 11.0. The molecule has 6 nitrogen and oxygen atoms in total. The van der Waals surface area contributed by atoms with Crippen molar-refractivity contribution in [2.45, 2.75) is 20.3 Å². The summed E-state index contributed by atoms with van der Waals surface area (Å²) in [6.07, 6.45) is 4.04. The SMILES string of the molecule is CCCOc1cncc(N(C)CC(C)C(=O)O)n1. The number of ether oxygens (including phenoxy) is 1. The van der Waals surface area contributed by atoms with Gasteiger partial charge in [0.05, 0.1) is 24.9 Å². The first kappa shape index (κ1) is 14.2. The number of rotatable bonds is 7. The molecular formula is C12H19N3O3. The van der Waals surface area contributed by atoms with Gasteiger partial charge in [-0.25, -0.2) is 0 Å². The summed E-state index contributed by atoms with van der Waals surface area (Å²) in [6.45, 7) is 4.64. The second kappa shape index (κ2) is 6.78. The number of carbonyl (C=O) groups is 1. The lowest BCUT2D eigenvalue weighted by atomic mass is 10.2. The van der Waals surface area contributed by atoms with Gasteiger partial charge in [-0.2, -0.15) is 4.98 Å². The topological polar surface area (TPSA) is 75.5 Å². The first-order chi connectivity index (χ1) is 8.54. The van der Waals surface area contributed by atoms with Crippen LogP contribution in [0.3, 0.4) is 0 Å². The summed E-state index contributed by atoms with van der Waals surface area (Å²) < 4.78 is 5.38. The van der Waals surface area contributed by atoms with Crippen LogP contribution in [0.15, 0.2) is 12.4 Å². The van der Waals surface area contributed by atoms with Crippen molar-refractivity contribution in [2.24, 2.45) is 5.92 Å². The highest BCUT2D eigenvalue weighted by atomic mass is 16.5. The first-order valence-electron chi connectivity index (χ1n) is 5.93. The van der Waals surface area contributed by atoms with Crippen LogP contribution in [0.25, 0.3) is 0 Å². The monoisotopic (exact) mass is 253 g/mol. The minimum Gasteiger partial charge on any atom is -0.481 e. The minimum atomic E-state index is -0.826. The Balaban J connectivity index is 2.67. The van der Waals surface area contributed by atoms with Gasteiger partial charge in [-0.1, -0.05) is 13.8 Å². The first-order valence-corrected chi connectivity index (χ1v) is 5.93. The van der Waals surface area contributed by atoms with E-state index in [1.54, 1.807) is 31.3 Å².